The Kier molecular flexibility index (Phi) is 4.94. The van der Waals surface area contributed by atoms with Crippen molar-refractivity contribution in [1.29, 1.82) is 0 Å². The standard InChI is InChI=1S/C18H28N2O/c19-15-18(7-2-1-3-8-18)17-6-4-5-16(13-17)14-20-9-11-21-12-10-20/h4-6,13H,1-3,7-12,14-15,19H2. The molecule has 116 valence electrons. The number of hydrogen-bond acceptors (Lipinski definition) is 3. The van der Waals surface area contributed by atoms with Gasteiger partial charge in [0.25, 0.3) is 0 Å². The smallest absolute Gasteiger partial charge is 0.0594 e. The summed E-state index contributed by atoms with van der Waals surface area (Å²) in [5, 5.41) is 0. The van der Waals surface area contributed by atoms with Crippen LogP contribution in [0.15, 0.2) is 24.3 Å². The van der Waals surface area contributed by atoms with Gasteiger partial charge in [0.05, 0.1) is 13.2 Å². The highest BCUT2D eigenvalue weighted by atomic mass is 16.5. The van der Waals surface area contributed by atoms with Gasteiger partial charge in [-0.25, -0.2) is 0 Å². The molecule has 1 aromatic carbocycles. The fourth-order valence-electron chi connectivity index (χ4n) is 3.86. The van der Waals surface area contributed by atoms with Gasteiger partial charge in [-0.05, 0) is 24.0 Å². The molecule has 3 heteroatoms. The van der Waals surface area contributed by atoms with Gasteiger partial charge in [-0.15, -0.1) is 0 Å². The second kappa shape index (κ2) is 6.91. The lowest BCUT2D eigenvalue weighted by Gasteiger charge is -2.37. The Morgan fingerprint density at radius 1 is 1.10 bits per heavy atom. The zero-order valence-corrected chi connectivity index (χ0v) is 13.0. The van der Waals surface area contributed by atoms with Gasteiger partial charge in [-0.1, -0.05) is 43.5 Å². The van der Waals surface area contributed by atoms with Crippen LogP contribution >= 0.6 is 0 Å². The molecule has 1 aromatic rings. The molecule has 0 bridgehead atoms. The van der Waals surface area contributed by atoms with Gasteiger partial charge in [0, 0.05) is 31.6 Å². The van der Waals surface area contributed by atoms with Crippen molar-refractivity contribution >= 4 is 0 Å². The minimum absolute atomic E-state index is 0.235. The van der Waals surface area contributed by atoms with Crippen LogP contribution in [0.4, 0.5) is 0 Å². The molecule has 21 heavy (non-hydrogen) atoms. The van der Waals surface area contributed by atoms with E-state index in [1.807, 2.05) is 0 Å². The van der Waals surface area contributed by atoms with E-state index in [1.54, 1.807) is 0 Å². The van der Waals surface area contributed by atoms with Gasteiger partial charge in [0.15, 0.2) is 0 Å². The summed E-state index contributed by atoms with van der Waals surface area (Å²) in [6.07, 6.45) is 6.53. The number of nitrogens with zero attached hydrogens (tertiary/aromatic N) is 1. The zero-order chi connectivity index (χ0) is 14.5. The van der Waals surface area contributed by atoms with Gasteiger partial charge in [0.2, 0.25) is 0 Å². The fraction of sp³-hybridized carbons (Fsp3) is 0.667. The molecular formula is C18H28N2O. The SMILES string of the molecule is NCC1(c2cccc(CN3CCOCC3)c2)CCCCC1. The average Bonchev–Trinajstić information content (AvgIpc) is 2.57. The molecule has 0 unspecified atom stereocenters. The summed E-state index contributed by atoms with van der Waals surface area (Å²) < 4.78 is 5.43. The Morgan fingerprint density at radius 3 is 2.57 bits per heavy atom. The monoisotopic (exact) mass is 288 g/mol. The molecule has 1 aliphatic carbocycles. The van der Waals surface area contributed by atoms with E-state index in [2.05, 4.69) is 29.2 Å². The van der Waals surface area contributed by atoms with Crippen molar-refractivity contribution in [3.8, 4) is 0 Å². The third kappa shape index (κ3) is 3.47. The Bertz CT molecular complexity index is 448. The first-order valence-corrected chi connectivity index (χ1v) is 8.42. The van der Waals surface area contributed by atoms with Crippen molar-refractivity contribution in [3.63, 3.8) is 0 Å². The van der Waals surface area contributed by atoms with Crippen molar-refractivity contribution in [2.75, 3.05) is 32.8 Å². The third-order valence-electron chi connectivity index (χ3n) is 5.25. The van der Waals surface area contributed by atoms with Crippen LogP contribution in [-0.4, -0.2) is 37.7 Å². The van der Waals surface area contributed by atoms with Crippen LogP contribution in [0.1, 0.15) is 43.2 Å². The van der Waals surface area contributed by atoms with Crippen LogP contribution in [0.5, 0.6) is 0 Å². The van der Waals surface area contributed by atoms with E-state index >= 15 is 0 Å². The van der Waals surface area contributed by atoms with E-state index < -0.39 is 0 Å². The van der Waals surface area contributed by atoms with E-state index in [4.69, 9.17) is 10.5 Å². The molecule has 1 aliphatic heterocycles. The van der Waals surface area contributed by atoms with E-state index in [0.29, 0.717) is 0 Å². The molecule has 1 saturated carbocycles. The predicted octanol–water partition coefficient (Wildman–Crippen LogP) is 2.68. The van der Waals surface area contributed by atoms with E-state index in [1.165, 1.54) is 43.2 Å². The highest BCUT2D eigenvalue weighted by Crippen LogP contribution is 2.38. The van der Waals surface area contributed by atoms with Crippen LogP contribution in [0.25, 0.3) is 0 Å². The lowest BCUT2D eigenvalue weighted by molar-refractivity contribution is 0.0341. The van der Waals surface area contributed by atoms with Crippen LogP contribution in [0, 0.1) is 0 Å². The molecule has 1 heterocycles. The Labute approximate surface area is 128 Å². The minimum Gasteiger partial charge on any atom is -0.379 e. The minimum atomic E-state index is 0.235. The highest BCUT2D eigenvalue weighted by Gasteiger charge is 2.32. The summed E-state index contributed by atoms with van der Waals surface area (Å²) in [6.45, 7) is 5.66. The lowest BCUT2D eigenvalue weighted by Crippen LogP contribution is -2.37. The van der Waals surface area contributed by atoms with Crippen molar-refractivity contribution in [3.05, 3.63) is 35.4 Å². The van der Waals surface area contributed by atoms with Gasteiger partial charge in [-0.2, -0.15) is 0 Å². The molecule has 3 nitrogen and oxygen atoms in total. The number of rotatable bonds is 4. The first-order chi connectivity index (χ1) is 10.3. The summed E-state index contributed by atoms with van der Waals surface area (Å²) in [5.41, 5.74) is 9.30. The van der Waals surface area contributed by atoms with Crippen molar-refractivity contribution in [2.24, 2.45) is 5.73 Å². The van der Waals surface area contributed by atoms with Crippen molar-refractivity contribution < 1.29 is 4.74 Å². The highest BCUT2D eigenvalue weighted by molar-refractivity contribution is 5.31. The summed E-state index contributed by atoms with van der Waals surface area (Å²) in [7, 11) is 0. The molecule has 0 amide bonds. The quantitative estimate of drug-likeness (QED) is 0.926. The second-order valence-corrected chi connectivity index (χ2v) is 6.63. The number of benzene rings is 1. The maximum atomic E-state index is 6.18. The molecule has 3 rings (SSSR count). The van der Waals surface area contributed by atoms with Gasteiger partial charge in [-0.3, -0.25) is 4.90 Å². The average molecular weight is 288 g/mol. The van der Waals surface area contributed by atoms with E-state index in [0.717, 1.165) is 39.4 Å². The fourth-order valence-corrected chi connectivity index (χ4v) is 3.86. The number of morpholine rings is 1. The Morgan fingerprint density at radius 2 is 1.86 bits per heavy atom. The summed E-state index contributed by atoms with van der Waals surface area (Å²) in [4.78, 5) is 2.48. The normalized spacial score (nSPS) is 23.1. The van der Waals surface area contributed by atoms with E-state index in [9.17, 15) is 0 Å². The maximum absolute atomic E-state index is 6.18. The van der Waals surface area contributed by atoms with Crippen LogP contribution in [0.3, 0.4) is 0 Å². The van der Waals surface area contributed by atoms with Crippen molar-refractivity contribution in [1.82, 2.24) is 4.90 Å². The molecule has 2 N–H and O–H groups in total. The summed E-state index contributed by atoms with van der Waals surface area (Å²) in [5.74, 6) is 0. The lowest BCUT2D eigenvalue weighted by atomic mass is 9.69. The van der Waals surface area contributed by atoms with Gasteiger partial charge >= 0.3 is 0 Å². The molecule has 0 aromatic heterocycles. The number of nitrogens with two attached hydrogens (primary N) is 1. The first kappa shape index (κ1) is 15.0. The Hall–Kier alpha value is -0.900. The molecule has 0 radical (unpaired) electrons. The topological polar surface area (TPSA) is 38.5 Å². The summed E-state index contributed by atoms with van der Waals surface area (Å²) in [6, 6.07) is 9.18. The second-order valence-electron chi connectivity index (χ2n) is 6.63. The van der Waals surface area contributed by atoms with Crippen LogP contribution in [-0.2, 0) is 16.7 Å². The molecule has 0 atom stereocenters. The van der Waals surface area contributed by atoms with Crippen LogP contribution in [0.2, 0.25) is 0 Å². The number of ether oxygens (including phenoxy) is 1. The van der Waals surface area contributed by atoms with Crippen molar-refractivity contribution in [2.45, 2.75) is 44.1 Å². The Balaban J connectivity index is 1.75. The molecule has 2 aliphatic rings. The van der Waals surface area contributed by atoms with Gasteiger partial charge in [0.1, 0.15) is 0 Å². The number of hydrogen-bond donors (Lipinski definition) is 1. The molecule has 1 saturated heterocycles. The molecule has 2 fully saturated rings. The van der Waals surface area contributed by atoms with E-state index in [-0.39, 0.29) is 5.41 Å². The predicted molar refractivity (Wildman–Crippen MR) is 86.4 cm³/mol. The summed E-state index contributed by atoms with van der Waals surface area (Å²) >= 11 is 0. The molecular weight excluding hydrogens is 260 g/mol. The van der Waals surface area contributed by atoms with Gasteiger partial charge < -0.3 is 10.5 Å². The zero-order valence-electron chi connectivity index (χ0n) is 13.0. The largest absolute Gasteiger partial charge is 0.379 e. The third-order valence-corrected chi connectivity index (χ3v) is 5.25. The molecule has 0 spiro atoms. The van der Waals surface area contributed by atoms with Crippen LogP contribution < -0.4 is 5.73 Å². The maximum Gasteiger partial charge on any atom is 0.0594 e. The first-order valence-electron chi connectivity index (χ1n) is 8.42.